The van der Waals surface area contributed by atoms with Gasteiger partial charge in [0.25, 0.3) is 5.91 Å². The van der Waals surface area contributed by atoms with Crippen molar-refractivity contribution in [3.05, 3.63) is 111 Å². The summed E-state index contributed by atoms with van der Waals surface area (Å²) >= 11 is 14.4. The zero-order valence-corrected chi connectivity index (χ0v) is 27.4. The van der Waals surface area contributed by atoms with Crippen molar-refractivity contribution in [3.8, 4) is 0 Å². The number of hydrogen-bond donors (Lipinski definition) is 1. The molecule has 2 fully saturated rings. The summed E-state index contributed by atoms with van der Waals surface area (Å²) in [6.45, 7) is 4.49. The minimum absolute atomic E-state index is 0.0152. The number of nitrogens with zero attached hydrogens (tertiary/aromatic N) is 6. The average Bonchev–Trinajstić information content (AvgIpc) is 3.43. The molecular formula is C34H33Cl2N7O2S. The van der Waals surface area contributed by atoms with Crippen LogP contribution in [0.4, 0.5) is 11.5 Å². The zero-order chi connectivity index (χ0) is 31.6. The molecule has 7 rings (SSSR count). The summed E-state index contributed by atoms with van der Waals surface area (Å²) in [6, 6.07) is 25.3. The molecule has 0 bridgehead atoms. The smallest absolute Gasteiger partial charge is 0.326 e. The molecule has 4 heterocycles. The molecule has 9 nitrogen and oxygen atoms in total. The standard InChI is InChI=1S/C34H33Cl2N7O2S/c35-26-5-1-3-7-28(26)40-17-19-41(20-18-40)31-21-30(36)38-33(39-31)46-22-23-9-11-24(12-10-23)32(44)42-15-13-25(14-16-42)43-29-8-4-2-6-27(29)37-34(43)45/h1-12,21,25H,13-20,22H2,(H,37,45). The minimum Gasteiger partial charge on any atom is -0.367 e. The number of hydrogen-bond acceptors (Lipinski definition) is 7. The number of imidazole rings is 1. The van der Waals surface area contributed by atoms with Crippen LogP contribution in [0.25, 0.3) is 11.0 Å². The van der Waals surface area contributed by atoms with Crippen LogP contribution in [0.2, 0.25) is 10.2 Å². The SMILES string of the molecule is O=C(c1ccc(CSc2nc(Cl)cc(N3CCN(c4ccccc4Cl)CC3)n2)cc1)N1CCC(n2c(=O)[nH]c3ccccc32)CC1. The molecular weight excluding hydrogens is 641 g/mol. The van der Waals surface area contributed by atoms with Gasteiger partial charge in [0, 0.05) is 62.7 Å². The van der Waals surface area contributed by atoms with Gasteiger partial charge in [-0.15, -0.1) is 0 Å². The average molecular weight is 675 g/mol. The highest BCUT2D eigenvalue weighted by molar-refractivity contribution is 7.98. The number of benzene rings is 3. The van der Waals surface area contributed by atoms with Crippen LogP contribution in [0, 0.1) is 0 Å². The summed E-state index contributed by atoms with van der Waals surface area (Å²) in [7, 11) is 0. The second kappa shape index (κ2) is 13.4. The van der Waals surface area contributed by atoms with Crippen LogP contribution in [0.1, 0.15) is 34.8 Å². The Labute approximate surface area is 281 Å². The first-order valence-electron chi connectivity index (χ1n) is 15.4. The molecule has 236 valence electrons. The van der Waals surface area contributed by atoms with Crippen molar-refractivity contribution in [3.63, 3.8) is 0 Å². The Morgan fingerprint density at radius 3 is 2.30 bits per heavy atom. The molecule has 0 radical (unpaired) electrons. The lowest BCUT2D eigenvalue weighted by molar-refractivity contribution is 0.0695. The molecule has 0 aliphatic carbocycles. The molecule has 0 saturated carbocycles. The third-order valence-corrected chi connectivity index (χ3v) is 10.2. The fraction of sp³-hybridized carbons (Fsp3) is 0.294. The largest absolute Gasteiger partial charge is 0.367 e. The Balaban J connectivity index is 0.930. The van der Waals surface area contributed by atoms with Gasteiger partial charge < -0.3 is 19.7 Å². The van der Waals surface area contributed by atoms with E-state index in [-0.39, 0.29) is 17.6 Å². The van der Waals surface area contributed by atoms with Crippen molar-refractivity contribution in [2.45, 2.75) is 29.8 Å². The number of aromatic nitrogens is 4. The van der Waals surface area contributed by atoms with E-state index in [9.17, 15) is 9.59 Å². The number of carbonyl (C=O) groups is 1. The number of likely N-dealkylation sites (tertiary alicyclic amines) is 1. The third kappa shape index (κ3) is 6.47. The topological polar surface area (TPSA) is 90.4 Å². The van der Waals surface area contributed by atoms with E-state index in [2.05, 4.69) is 25.8 Å². The predicted octanol–water partition coefficient (Wildman–Crippen LogP) is 6.52. The number of halogens is 2. The molecule has 0 atom stereocenters. The van der Waals surface area contributed by atoms with Gasteiger partial charge in [0.05, 0.1) is 21.7 Å². The number of carbonyl (C=O) groups excluding carboxylic acids is 1. The first-order chi connectivity index (χ1) is 22.4. The van der Waals surface area contributed by atoms with E-state index in [1.165, 1.54) is 11.8 Å². The van der Waals surface area contributed by atoms with Crippen LogP contribution in [0.3, 0.4) is 0 Å². The number of piperazine rings is 1. The Bertz CT molecular complexity index is 1910. The molecule has 2 aliphatic heterocycles. The molecule has 5 aromatic rings. The number of fused-ring (bicyclic) bond motifs is 1. The lowest BCUT2D eigenvalue weighted by Crippen LogP contribution is -2.47. The number of piperidine rings is 1. The van der Waals surface area contributed by atoms with Gasteiger partial charge in [-0.25, -0.2) is 14.8 Å². The monoisotopic (exact) mass is 673 g/mol. The maximum Gasteiger partial charge on any atom is 0.326 e. The predicted molar refractivity (Wildman–Crippen MR) is 186 cm³/mol. The molecule has 2 aliphatic rings. The van der Waals surface area contributed by atoms with Crippen molar-refractivity contribution in [2.75, 3.05) is 49.1 Å². The summed E-state index contributed by atoms with van der Waals surface area (Å²) in [6.07, 6.45) is 1.47. The van der Waals surface area contributed by atoms with Crippen LogP contribution < -0.4 is 15.5 Å². The number of aromatic amines is 1. The quantitative estimate of drug-likeness (QED) is 0.119. The minimum atomic E-state index is -0.0914. The maximum atomic E-state index is 13.3. The Kier molecular flexibility index (Phi) is 8.93. The lowest BCUT2D eigenvalue weighted by Gasteiger charge is -2.37. The summed E-state index contributed by atoms with van der Waals surface area (Å²) in [5.41, 5.74) is 4.45. The number of para-hydroxylation sites is 3. The molecule has 1 N–H and O–H groups in total. The van der Waals surface area contributed by atoms with Crippen molar-refractivity contribution in [1.82, 2.24) is 24.4 Å². The van der Waals surface area contributed by atoms with Gasteiger partial charge in [0.2, 0.25) is 0 Å². The summed E-state index contributed by atoms with van der Waals surface area (Å²) in [5.74, 6) is 1.49. The van der Waals surface area contributed by atoms with Gasteiger partial charge >= 0.3 is 5.69 Å². The molecule has 0 spiro atoms. The number of anilines is 2. The molecule has 0 unspecified atom stereocenters. The highest BCUT2D eigenvalue weighted by Gasteiger charge is 2.27. The van der Waals surface area contributed by atoms with Crippen LogP contribution in [-0.4, -0.2) is 69.6 Å². The Morgan fingerprint density at radius 2 is 1.54 bits per heavy atom. The zero-order valence-electron chi connectivity index (χ0n) is 25.1. The number of amides is 1. The van der Waals surface area contributed by atoms with Gasteiger partial charge in [-0.2, -0.15) is 0 Å². The van der Waals surface area contributed by atoms with Gasteiger partial charge in [0.1, 0.15) is 11.0 Å². The second-order valence-electron chi connectivity index (χ2n) is 11.6. The fourth-order valence-electron chi connectivity index (χ4n) is 6.33. The highest BCUT2D eigenvalue weighted by atomic mass is 35.5. The molecule has 3 aromatic carbocycles. The summed E-state index contributed by atoms with van der Waals surface area (Å²) in [5, 5.41) is 1.80. The van der Waals surface area contributed by atoms with Crippen molar-refractivity contribution in [2.24, 2.45) is 0 Å². The molecule has 12 heteroatoms. The van der Waals surface area contributed by atoms with Gasteiger partial charge in [-0.1, -0.05) is 71.4 Å². The van der Waals surface area contributed by atoms with Gasteiger partial charge in [0.15, 0.2) is 5.16 Å². The Hall–Kier alpha value is -3.99. The second-order valence-corrected chi connectivity index (χ2v) is 13.3. The van der Waals surface area contributed by atoms with E-state index in [1.54, 1.807) is 0 Å². The highest BCUT2D eigenvalue weighted by Crippen LogP contribution is 2.30. The summed E-state index contributed by atoms with van der Waals surface area (Å²) < 4.78 is 1.85. The first kappa shape index (κ1) is 30.7. The molecule has 46 heavy (non-hydrogen) atoms. The molecule has 2 saturated heterocycles. The fourth-order valence-corrected chi connectivity index (χ4v) is 7.63. The van der Waals surface area contributed by atoms with Crippen LogP contribution in [-0.2, 0) is 5.75 Å². The van der Waals surface area contributed by atoms with E-state index in [0.717, 1.165) is 72.1 Å². The van der Waals surface area contributed by atoms with Crippen LogP contribution in [0.5, 0.6) is 0 Å². The van der Waals surface area contributed by atoms with Gasteiger partial charge in [-0.05, 0) is 54.8 Å². The summed E-state index contributed by atoms with van der Waals surface area (Å²) in [4.78, 5) is 44.5. The number of H-pyrrole nitrogens is 1. The maximum absolute atomic E-state index is 13.3. The van der Waals surface area contributed by atoms with E-state index in [1.807, 2.05) is 82.3 Å². The first-order valence-corrected chi connectivity index (χ1v) is 17.2. The van der Waals surface area contributed by atoms with Crippen molar-refractivity contribution >= 4 is 63.4 Å². The van der Waals surface area contributed by atoms with E-state index in [0.29, 0.717) is 34.7 Å². The van der Waals surface area contributed by atoms with Crippen molar-refractivity contribution < 1.29 is 4.79 Å². The third-order valence-electron chi connectivity index (χ3n) is 8.77. The van der Waals surface area contributed by atoms with E-state index in [4.69, 9.17) is 28.2 Å². The normalized spacial score (nSPS) is 15.9. The van der Waals surface area contributed by atoms with Crippen molar-refractivity contribution in [1.29, 1.82) is 0 Å². The van der Waals surface area contributed by atoms with E-state index >= 15 is 0 Å². The van der Waals surface area contributed by atoms with Gasteiger partial charge in [-0.3, -0.25) is 9.36 Å². The molecule has 1 amide bonds. The number of thioether (sulfide) groups is 1. The Morgan fingerprint density at radius 1 is 0.848 bits per heavy atom. The van der Waals surface area contributed by atoms with Crippen LogP contribution >= 0.6 is 35.0 Å². The number of rotatable bonds is 7. The molecule has 2 aromatic heterocycles. The lowest BCUT2D eigenvalue weighted by atomic mass is 10.0. The van der Waals surface area contributed by atoms with E-state index < -0.39 is 0 Å². The van der Waals surface area contributed by atoms with Crippen LogP contribution in [0.15, 0.2) is 88.8 Å². The number of nitrogens with one attached hydrogen (secondary N) is 1.